The second-order valence-electron chi connectivity index (χ2n) is 5.16. The van der Waals surface area contributed by atoms with Gasteiger partial charge in [-0.15, -0.1) is 0 Å². The smallest absolute Gasteiger partial charge is 0.0670 e. The maximum absolute atomic E-state index is 6.16. The van der Waals surface area contributed by atoms with Crippen molar-refractivity contribution in [1.29, 1.82) is 0 Å². The van der Waals surface area contributed by atoms with Gasteiger partial charge in [0.15, 0.2) is 0 Å². The largest absolute Gasteiger partial charge is 0.326 e. The predicted octanol–water partition coefficient (Wildman–Crippen LogP) is 2.34. The Balaban J connectivity index is 2.17. The summed E-state index contributed by atoms with van der Waals surface area (Å²) in [6, 6.07) is 7.10. The van der Waals surface area contributed by atoms with E-state index >= 15 is 0 Å². The van der Waals surface area contributed by atoms with Gasteiger partial charge >= 0.3 is 0 Å². The van der Waals surface area contributed by atoms with Crippen molar-refractivity contribution >= 4 is 0 Å². The molecule has 1 aromatic rings. The highest BCUT2D eigenvalue weighted by atomic mass is 15.2. The molecule has 0 radical (unpaired) electrons. The zero-order valence-electron chi connectivity index (χ0n) is 10.8. The molecule has 1 aliphatic rings. The van der Waals surface area contributed by atoms with Gasteiger partial charge < -0.3 is 5.73 Å². The third kappa shape index (κ3) is 2.85. The van der Waals surface area contributed by atoms with Crippen molar-refractivity contribution < 1.29 is 0 Å². The summed E-state index contributed by atoms with van der Waals surface area (Å²) >= 11 is 0. The maximum Gasteiger partial charge on any atom is 0.0670 e. The van der Waals surface area contributed by atoms with Crippen LogP contribution in [0.15, 0.2) is 24.4 Å². The molecule has 2 N–H and O–H groups in total. The van der Waals surface area contributed by atoms with Gasteiger partial charge in [-0.3, -0.25) is 9.88 Å². The molecule has 0 aromatic carbocycles. The average Bonchev–Trinajstić information content (AvgIpc) is 2.83. The normalized spacial score (nSPS) is 20.7. The van der Waals surface area contributed by atoms with Crippen LogP contribution in [0, 0.1) is 0 Å². The summed E-state index contributed by atoms with van der Waals surface area (Å²) < 4.78 is 0. The third-order valence-electron chi connectivity index (χ3n) is 3.83. The molecule has 2 rings (SSSR count). The molecular weight excluding hydrogens is 210 g/mol. The van der Waals surface area contributed by atoms with E-state index in [-0.39, 0.29) is 12.1 Å². The molecule has 17 heavy (non-hydrogen) atoms. The molecule has 2 unspecified atom stereocenters. The van der Waals surface area contributed by atoms with E-state index in [1.807, 2.05) is 18.3 Å². The molecule has 1 aromatic heterocycles. The van der Waals surface area contributed by atoms with E-state index in [0.29, 0.717) is 6.04 Å². The van der Waals surface area contributed by atoms with Gasteiger partial charge in [-0.2, -0.15) is 0 Å². The number of nitrogens with zero attached hydrogens (tertiary/aromatic N) is 2. The zero-order chi connectivity index (χ0) is 12.3. The molecule has 94 valence electrons. The van der Waals surface area contributed by atoms with Crippen LogP contribution in [-0.2, 0) is 0 Å². The van der Waals surface area contributed by atoms with Gasteiger partial charge in [0, 0.05) is 18.3 Å². The molecule has 1 fully saturated rings. The molecule has 0 saturated heterocycles. The fraction of sp³-hybridized carbons (Fsp3) is 0.643. The summed E-state index contributed by atoms with van der Waals surface area (Å²) in [5.41, 5.74) is 7.25. The van der Waals surface area contributed by atoms with Gasteiger partial charge in [0.2, 0.25) is 0 Å². The number of hydrogen-bond acceptors (Lipinski definition) is 3. The van der Waals surface area contributed by atoms with E-state index in [4.69, 9.17) is 5.73 Å². The second-order valence-corrected chi connectivity index (χ2v) is 5.16. The van der Waals surface area contributed by atoms with Gasteiger partial charge in [-0.1, -0.05) is 18.9 Å². The minimum Gasteiger partial charge on any atom is -0.326 e. The van der Waals surface area contributed by atoms with Gasteiger partial charge in [0.1, 0.15) is 0 Å². The lowest BCUT2D eigenvalue weighted by molar-refractivity contribution is 0.153. The molecular formula is C14H23N3. The molecule has 1 saturated carbocycles. The first-order valence-corrected chi connectivity index (χ1v) is 6.58. The van der Waals surface area contributed by atoms with Crippen LogP contribution in [0.25, 0.3) is 0 Å². The number of rotatable bonds is 4. The quantitative estimate of drug-likeness (QED) is 0.868. The van der Waals surface area contributed by atoms with Crippen LogP contribution in [0.3, 0.4) is 0 Å². The number of pyridine rings is 1. The summed E-state index contributed by atoms with van der Waals surface area (Å²) in [5.74, 6) is 0. The van der Waals surface area contributed by atoms with Crippen molar-refractivity contribution in [3.8, 4) is 0 Å². The fourth-order valence-electron chi connectivity index (χ4n) is 2.94. The second kappa shape index (κ2) is 5.61. The minimum atomic E-state index is 0.107. The summed E-state index contributed by atoms with van der Waals surface area (Å²) in [7, 11) is 2.19. The Labute approximate surface area is 104 Å². The summed E-state index contributed by atoms with van der Waals surface area (Å²) in [6.07, 6.45) is 7.15. The van der Waals surface area contributed by atoms with Crippen molar-refractivity contribution in [2.24, 2.45) is 5.73 Å². The summed E-state index contributed by atoms with van der Waals surface area (Å²) in [6.45, 7) is 2.07. The van der Waals surface area contributed by atoms with E-state index in [0.717, 1.165) is 5.69 Å². The van der Waals surface area contributed by atoms with Gasteiger partial charge in [0.25, 0.3) is 0 Å². The van der Waals surface area contributed by atoms with Crippen molar-refractivity contribution in [1.82, 2.24) is 9.88 Å². The number of aromatic nitrogens is 1. The molecule has 0 spiro atoms. The van der Waals surface area contributed by atoms with E-state index in [1.165, 1.54) is 25.7 Å². The highest BCUT2D eigenvalue weighted by molar-refractivity contribution is 5.11. The Morgan fingerprint density at radius 3 is 2.59 bits per heavy atom. The van der Waals surface area contributed by atoms with Gasteiger partial charge in [-0.05, 0) is 38.9 Å². The van der Waals surface area contributed by atoms with Crippen LogP contribution in [0.2, 0.25) is 0 Å². The van der Waals surface area contributed by atoms with Crippen molar-refractivity contribution in [3.05, 3.63) is 30.1 Å². The van der Waals surface area contributed by atoms with Crippen molar-refractivity contribution in [2.45, 2.75) is 50.7 Å². The molecule has 0 bridgehead atoms. The molecule has 3 nitrogen and oxygen atoms in total. The highest BCUT2D eigenvalue weighted by Crippen LogP contribution is 2.30. The van der Waals surface area contributed by atoms with Gasteiger partial charge in [-0.25, -0.2) is 0 Å². The standard InChI is InChI=1S/C14H23N3/c1-11(15)14(13-9-5-6-10-16-13)17(2)12-7-3-4-8-12/h5-6,9-12,14H,3-4,7-8,15H2,1-2H3. The summed E-state index contributed by atoms with van der Waals surface area (Å²) in [4.78, 5) is 6.90. The Morgan fingerprint density at radius 2 is 2.06 bits per heavy atom. The molecule has 1 heterocycles. The van der Waals surface area contributed by atoms with Crippen molar-refractivity contribution in [3.63, 3.8) is 0 Å². The first-order chi connectivity index (χ1) is 8.20. The van der Waals surface area contributed by atoms with Crippen LogP contribution in [-0.4, -0.2) is 29.0 Å². The number of hydrogen-bond donors (Lipinski definition) is 1. The lowest BCUT2D eigenvalue weighted by Crippen LogP contribution is -2.42. The maximum atomic E-state index is 6.16. The van der Waals surface area contributed by atoms with Crippen LogP contribution in [0.4, 0.5) is 0 Å². The highest BCUT2D eigenvalue weighted by Gasteiger charge is 2.29. The zero-order valence-corrected chi connectivity index (χ0v) is 10.8. The van der Waals surface area contributed by atoms with Crippen LogP contribution < -0.4 is 5.73 Å². The molecule has 0 aliphatic heterocycles. The molecule has 2 atom stereocenters. The molecule has 0 amide bonds. The SMILES string of the molecule is CC(N)C(c1ccccn1)N(C)C1CCCC1. The predicted molar refractivity (Wildman–Crippen MR) is 70.6 cm³/mol. The fourth-order valence-corrected chi connectivity index (χ4v) is 2.94. The Morgan fingerprint density at radius 1 is 1.35 bits per heavy atom. The monoisotopic (exact) mass is 233 g/mol. The first-order valence-electron chi connectivity index (χ1n) is 6.58. The lowest BCUT2D eigenvalue weighted by atomic mass is 10.0. The number of nitrogens with two attached hydrogens (primary N) is 1. The first kappa shape index (κ1) is 12.5. The Bertz CT molecular complexity index is 331. The van der Waals surface area contributed by atoms with Crippen LogP contribution in [0.1, 0.15) is 44.3 Å². The van der Waals surface area contributed by atoms with E-state index in [2.05, 4.69) is 29.9 Å². The number of likely N-dealkylation sites (N-methyl/N-ethyl adjacent to an activating group) is 1. The van der Waals surface area contributed by atoms with E-state index in [1.54, 1.807) is 0 Å². The van der Waals surface area contributed by atoms with Gasteiger partial charge in [0.05, 0.1) is 11.7 Å². The Hall–Kier alpha value is -0.930. The topological polar surface area (TPSA) is 42.1 Å². The lowest BCUT2D eigenvalue weighted by Gasteiger charge is -2.35. The minimum absolute atomic E-state index is 0.107. The van der Waals surface area contributed by atoms with E-state index in [9.17, 15) is 0 Å². The van der Waals surface area contributed by atoms with Crippen LogP contribution in [0.5, 0.6) is 0 Å². The van der Waals surface area contributed by atoms with Crippen molar-refractivity contribution in [2.75, 3.05) is 7.05 Å². The van der Waals surface area contributed by atoms with Crippen LogP contribution >= 0.6 is 0 Å². The Kier molecular flexibility index (Phi) is 4.13. The molecule has 3 heteroatoms. The molecule has 1 aliphatic carbocycles. The summed E-state index contributed by atoms with van der Waals surface area (Å²) in [5, 5.41) is 0. The average molecular weight is 233 g/mol. The van der Waals surface area contributed by atoms with E-state index < -0.39 is 0 Å². The third-order valence-corrected chi connectivity index (χ3v) is 3.83.